The number of rotatable bonds is 3. The van der Waals surface area contributed by atoms with Gasteiger partial charge < -0.3 is 15.5 Å². The number of hydrogen-bond donors (Lipinski definition) is 1. The van der Waals surface area contributed by atoms with Gasteiger partial charge in [-0.05, 0) is 32.0 Å². The number of nitrogen functional groups attached to an aromatic ring is 1. The lowest BCUT2D eigenvalue weighted by Gasteiger charge is -2.35. The van der Waals surface area contributed by atoms with E-state index in [2.05, 4.69) is 15.1 Å². The number of hydrogen-bond acceptors (Lipinski definition) is 6. The van der Waals surface area contributed by atoms with Gasteiger partial charge in [0.1, 0.15) is 5.82 Å². The van der Waals surface area contributed by atoms with Crippen LogP contribution in [-0.2, 0) is 11.2 Å². The van der Waals surface area contributed by atoms with Gasteiger partial charge in [0.15, 0.2) is 0 Å². The van der Waals surface area contributed by atoms with Crippen molar-refractivity contribution in [2.75, 3.05) is 31.9 Å². The molecular formula is C20H21ClFN7O2. The van der Waals surface area contributed by atoms with Gasteiger partial charge in [0.05, 0.1) is 17.0 Å². The van der Waals surface area contributed by atoms with Crippen molar-refractivity contribution in [3.63, 3.8) is 0 Å². The lowest BCUT2D eigenvalue weighted by atomic mass is 10.1. The molecule has 2 amide bonds. The molecule has 3 heterocycles. The number of carbonyl (C=O) groups is 2. The minimum Gasteiger partial charge on any atom is -0.366 e. The predicted octanol–water partition coefficient (Wildman–Crippen LogP) is 1.64. The van der Waals surface area contributed by atoms with Gasteiger partial charge in [0.2, 0.25) is 11.9 Å². The van der Waals surface area contributed by atoms with Crippen molar-refractivity contribution in [3.05, 3.63) is 51.6 Å². The molecule has 11 heteroatoms. The number of aromatic nitrogens is 4. The molecule has 0 bridgehead atoms. The van der Waals surface area contributed by atoms with E-state index in [1.54, 1.807) is 9.80 Å². The molecule has 1 aliphatic heterocycles. The molecule has 0 aliphatic carbocycles. The number of fused-ring (bicyclic) bond motifs is 1. The van der Waals surface area contributed by atoms with Crippen LogP contribution in [0.3, 0.4) is 0 Å². The summed E-state index contributed by atoms with van der Waals surface area (Å²) in [6, 6.07) is 3.70. The Morgan fingerprint density at radius 1 is 1.13 bits per heavy atom. The summed E-state index contributed by atoms with van der Waals surface area (Å²) < 4.78 is 14.8. The number of halogens is 2. The molecule has 1 saturated heterocycles. The first-order valence-electron chi connectivity index (χ1n) is 9.75. The van der Waals surface area contributed by atoms with Gasteiger partial charge >= 0.3 is 0 Å². The number of aryl methyl sites for hydroxylation is 2. The highest BCUT2D eigenvalue weighted by Gasteiger charge is 2.27. The highest BCUT2D eigenvalue weighted by molar-refractivity contribution is 6.33. The Morgan fingerprint density at radius 2 is 1.81 bits per heavy atom. The van der Waals surface area contributed by atoms with Crippen LogP contribution in [0.25, 0.3) is 5.78 Å². The summed E-state index contributed by atoms with van der Waals surface area (Å²) in [6.07, 6.45) is 0.165. The largest absolute Gasteiger partial charge is 0.366 e. The summed E-state index contributed by atoms with van der Waals surface area (Å²) in [5.41, 5.74) is 8.15. The third kappa shape index (κ3) is 4.02. The minimum absolute atomic E-state index is 0.0626. The van der Waals surface area contributed by atoms with Crippen molar-refractivity contribution in [1.82, 2.24) is 29.4 Å². The van der Waals surface area contributed by atoms with Gasteiger partial charge in [-0.15, -0.1) is 5.10 Å². The van der Waals surface area contributed by atoms with Crippen molar-refractivity contribution in [1.29, 1.82) is 0 Å². The number of benzene rings is 1. The summed E-state index contributed by atoms with van der Waals surface area (Å²) in [6.45, 7) is 5.20. The number of nitrogens with two attached hydrogens (primary N) is 1. The Labute approximate surface area is 182 Å². The zero-order valence-electron chi connectivity index (χ0n) is 17.1. The number of carbonyl (C=O) groups excluding carboxylic acids is 2. The fourth-order valence-electron chi connectivity index (χ4n) is 3.73. The molecule has 2 N–H and O–H groups in total. The molecular weight excluding hydrogens is 425 g/mol. The van der Waals surface area contributed by atoms with Gasteiger partial charge in [-0.25, -0.2) is 9.37 Å². The van der Waals surface area contributed by atoms with E-state index in [0.29, 0.717) is 37.7 Å². The Morgan fingerprint density at radius 3 is 2.48 bits per heavy atom. The third-order valence-electron chi connectivity index (χ3n) is 5.47. The molecule has 9 nitrogen and oxygen atoms in total. The van der Waals surface area contributed by atoms with Gasteiger partial charge in [-0.2, -0.15) is 9.50 Å². The Kier molecular flexibility index (Phi) is 5.48. The van der Waals surface area contributed by atoms with Crippen molar-refractivity contribution in [2.24, 2.45) is 0 Å². The van der Waals surface area contributed by atoms with Gasteiger partial charge in [0, 0.05) is 43.1 Å². The van der Waals surface area contributed by atoms with E-state index in [9.17, 15) is 14.0 Å². The van der Waals surface area contributed by atoms with Gasteiger partial charge in [-0.3, -0.25) is 9.59 Å². The molecule has 1 fully saturated rings. The monoisotopic (exact) mass is 445 g/mol. The maximum Gasteiger partial charge on any atom is 0.255 e. The third-order valence-corrected chi connectivity index (χ3v) is 5.79. The van der Waals surface area contributed by atoms with Gasteiger partial charge in [-0.1, -0.05) is 11.6 Å². The first kappa shape index (κ1) is 21.0. The zero-order valence-corrected chi connectivity index (χ0v) is 17.9. The molecule has 162 valence electrons. The lowest BCUT2D eigenvalue weighted by Crippen LogP contribution is -2.51. The normalized spacial score (nSPS) is 14.3. The standard InChI is InChI=1S/C20H21ClFN7O2/c1-11-15(12(2)29-20(24-11)25-19(23)26-29)10-17(30)27-5-7-28(8-6-27)18(31)14-4-3-13(22)9-16(14)21/h3-4,9H,5-8,10H2,1-2H3,(H2,23,26). The van der Waals surface area contributed by atoms with E-state index in [4.69, 9.17) is 17.3 Å². The lowest BCUT2D eigenvalue weighted by molar-refractivity contribution is -0.131. The van der Waals surface area contributed by atoms with E-state index in [0.717, 1.165) is 17.3 Å². The van der Waals surface area contributed by atoms with Crippen LogP contribution >= 0.6 is 11.6 Å². The molecule has 0 atom stereocenters. The van der Waals surface area contributed by atoms with Crippen LogP contribution in [0.15, 0.2) is 18.2 Å². The predicted molar refractivity (Wildman–Crippen MR) is 112 cm³/mol. The summed E-state index contributed by atoms with van der Waals surface area (Å²) in [5.74, 6) is -0.311. The highest BCUT2D eigenvalue weighted by Crippen LogP contribution is 2.21. The van der Waals surface area contributed by atoms with E-state index in [1.807, 2.05) is 13.8 Å². The van der Waals surface area contributed by atoms with E-state index >= 15 is 0 Å². The maximum absolute atomic E-state index is 13.2. The first-order chi connectivity index (χ1) is 14.7. The molecule has 1 aromatic carbocycles. The van der Waals surface area contributed by atoms with Crippen LogP contribution in [0.4, 0.5) is 10.3 Å². The molecule has 0 unspecified atom stereocenters. The smallest absolute Gasteiger partial charge is 0.255 e. The summed E-state index contributed by atoms with van der Waals surface area (Å²) in [7, 11) is 0. The number of anilines is 1. The molecule has 31 heavy (non-hydrogen) atoms. The van der Waals surface area contributed by atoms with Crippen molar-refractivity contribution >= 4 is 35.1 Å². The molecule has 2 aromatic heterocycles. The topological polar surface area (TPSA) is 110 Å². The molecule has 4 rings (SSSR count). The highest BCUT2D eigenvalue weighted by atomic mass is 35.5. The van der Waals surface area contributed by atoms with E-state index in [-0.39, 0.29) is 34.8 Å². The quantitative estimate of drug-likeness (QED) is 0.656. The fraction of sp³-hybridized carbons (Fsp3) is 0.350. The fourth-order valence-corrected chi connectivity index (χ4v) is 3.98. The van der Waals surface area contributed by atoms with Crippen LogP contribution in [0.5, 0.6) is 0 Å². The van der Waals surface area contributed by atoms with Crippen LogP contribution in [0.2, 0.25) is 5.02 Å². The summed E-state index contributed by atoms with van der Waals surface area (Å²) in [5, 5.41) is 4.20. The van der Waals surface area contributed by atoms with Crippen molar-refractivity contribution in [3.8, 4) is 0 Å². The van der Waals surface area contributed by atoms with Crippen LogP contribution < -0.4 is 5.73 Å². The van der Waals surface area contributed by atoms with Crippen LogP contribution in [0.1, 0.15) is 27.3 Å². The van der Waals surface area contributed by atoms with Crippen molar-refractivity contribution < 1.29 is 14.0 Å². The Balaban J connectivity index is 1.43. The summed E-state index contributed by atoms with van der Waals surface area (Å²) in [4.78, 5) is 37.4. The first-order valence-corrected chi connectivity index (χ1v) is 10.1. The second-order valence-electron chi connectivity index (χ2n) is 7.42. The number of piperazine rings is 1. The SMILES string of the molecule is Cc1nc2nc(N)nn2c(C)c1CC(=O)N1CCN(C(=O)c2ccc(F)cc2Cl)CC1. The average Bonchev–Trinajstić information content (AvgIpc) is 3.11. The number of amides is 2. The second-order valence-corrected chi connectivity index (χ2v) is 7.82. The molecule has 3 aromatic rings. The van der Waals surface area contributed by atoms with E-state index < -0.39 is 5.82 Å². The maximum atomic E-state index is 13.2. The Bertz CT molecular complexity index is 1190. The second kappa shape index (κ2) is 8.10. The molecule has 0 saturated carbocycles. The molecule has 1 aliphatic rings. The van der Waals surface area contributed by atoms with E-state index in [1.165, 1.54) is 16.6 Å². The minimum atomic E-state index is -0.496. The summed E-state index contributed by atoms with van der Waals surface area (Å²) >= 11 is 6.01. The van der Waals surface area contributed by atoms with Crippen LogP contribution in [0, 0.1) is 19.7 Å². The number of nitrogens with zero attached hydrogens (tertiary/aromatic N) is 6. The van der Waals surface area contributed by atoms with Crippen LogP contribution in [-0.4, -0.2) is 67.4 Å². The van der Waals surface area contributed by atoms with Gasteiger partial charge in [0.25, 0.3) is 11.7 Å². The molecule has 0 radical (unpaired) electrons. The Hall–Kier alpha value is -3.27. The van der Waals surface area contributed by atoms with Crippen molar-refractivity contribution in [2.45, 2.75) is 20.3 Å². The molecule has 0 spiro atoms. The average molecular weight is 446 g/mol. The zero-order chi connectivity index (χ0) is 22.3.